The number of carbonyl (C=O) groups excluding carboxylic acids is 4. The van der Waals surface area contributed by atoms with Crippen LogP contribution in [0.1, 0.15) is 63.6 Å². The van der Waals surface area contributed by atoms with E-state index < -0.39 is 81.0 Å². The van der Waals surface area contributed by atoms with Crippen LogP contribution in [0.5, 0.6) is 17.2 Å². The number of cyclic esters (lactones) is 1. The highest BCUT2D eigenvalue weighted by atomic mass is 16.6. The van der Waals surface area contributed by atoms with Crippen LogP contribution < -0.4 is 0 Å². The summed E-state index contributed by atoms with van der Waals surface area (Å²) in [6.45, 7) is 6.80. The highest BCUT2D eigenvalue weighted by Crippen LogP contribution is 2.48. The van der Waals surface area contributed by atoms with E-state index in [0.717, 1.165) is 37.5 Å². The van der Waals surface area contributed by atoms with E-state index in [0.29, 0.717) is 5.56 Å². The molecule has 0 saturated carbocycles. The number of aromatic hydroxyl groups is 3. The number of carbonyl (C=O) groups is 4. The summed E-state index contributed by atoms with van der Waals surface area (Å²) in [6.07, 6.45) is 4.93. The predicted octanol–water partition coefficient (Wildman–Crippen LogP) is 4.59. The van der Waals surface area contributed by atoms with Crippen molar-refractivity contribution in [2.45, 2.75) is 58.7 Å². The first-order valence-electron chi connectivity index (χ1n) is 14.9. The van der Waals surface area contributed by atoms with Gasteiger partial charge in [0.25, 0.3) is 0 Å². The minimum Gasteiger partial charge on any atom is -0.508 e. The molecule has 0 radical (unpaired) electrons. The van der Waals surface area contributed by atoms with Crippen LogP contribution in [0.4, 0.5) is 0 Å². The van der Waals surface area contributed by atoms with E-state index in [1.54, 1.807) is 13.0 Å². The van der Waals surface area contributed by atoms with Crippen molar-refractivity contribution in [3.63, 3.8) is 0 Å². The smallest absolute Gasteiger partial charge is 0.348 e. The molecule has 2 aromatic rings. The van der Waals surface area contributed by atoms with E-state index in [2.05, 4.69) is 6.92 Å². The zero-order chi connectivity index (χ0) is 34.8. The van der Waals surface area contributed by atoms with Gasteiger partial charge >= 0.3 is 5.97 Å². The Morgan fingerprint density at radius 1 is 0.979 bits per heavy atom. The van der Waals surface area contributed by atoms with E-state index >= 15 is 0 Å². The molecule has 0 aromatic heterocycles. The Hall–Kier alpha value is -5.26. The normalized spacial score (nSPS) is 21.7. The second kappa shape index (κ2) is 13.6. The Morgan fingerprint density at radius 3 is 2.19 bits per heavy atom. The molecule has 246 valence electrons. The van der Waals surface area contributed by atoms with Crippen molar-refractivity contribution in [2.75, 3.05) is 0 Å². The van der Waals surface area contributed by atoms with Gasteiger partial charge in [0.15, 0.2) is 52.1 Å². The zero-order valence-electron chi connectivity index (χ0n) is 26.3. The van der Waals surface area contributed by atoms with Crippen LogP contribution in [-0.2, 0) is 23.9 Å². The topological polar surface area (TPSA) is 199 Å². The summed E-state index contributed by atoms with van der Waals surface area (Å²) in [5.41, 5.74) is -4.12. The monoisotopic (exact) mass is 644 g/mol. The first-order valence-corrected chi connectivity index (χ1v) is 14.9. The summed E-state index contributed by atoms with van der Waals surface area (Å²) >= 11 is 0. The standard InChI is InChI=1S/C36H36O11/c1-5-6-18(2)13-19(3)7-10-23(39)15-26-31(36(46,20(4)37)34(44)32(26)42)25-17-28(41)27(40)16-24(25)30-33(43)29(47-35(30)45)14-21-8-11-22(38)12-9-21/h7-14,16-18,34,38,40-41,43-44,46H,5-6,15H2,1-4H3/b10-7+,19-13+,29-14-. The number of hydrogen-bond donors (Lipinski definition) is 6. The van der Waals surface area contributed by atoms with Crippen molar-refractivity contribution in [2.24, 2.45) is 5.92 Å². The maximum Gasteiger partial charge on any atom is 0.348 e. The number of Topliss-reactive ketones (excluding diaryl/α,β-unsaturated/α-hetero) is 2. The molecule has 0 spiro atoms. The molecule has 2 aromatic carbocycles. The molecule has 11 heteroatoms. The molecule has 11 nitrogen and oxygen atoms in total. The number of aliphatic hydroxyl groups excluding tert-OH is 2. The third kappa shape index (κ3) is 6.81. The molecule has 2 aliphatic rings. The van der Waals surface area contributed by atoms with Crippen LogP contribution in [0.25, 0.3) is 17.2 Å². The van der Waals surface area contributed by atoms with Crippen LogP contribution in [0.2, 0.25) is 0 Å². The first kappa shape index (κ1) is 34.6. The number of rotatable bonds is 11. The molecule has 47 heavy (non-hydrogen) atoms. The molecule has 1 heterocycles. The number of benzene rings is 2. The Kier molecular flexibility index (Phi) is 10.0. The highest BCUT2D eigenvalue weighted by Gasteiger charge is 2.56. The number of phenols is 3. The van der Waals surface area contributed by atoms with Crippen LogP contribution in [0.15, 0.2) is 77.3 Å². The molecule has 3 unspecified atom stereocenters. The van der Waals surface area contributed by atoms with Crippen molar-refractivity contribution < 1.29 is 54.6 Å². The van der Waals surface area contributed by atoms with Gasteiger partial charge in [0.1, 0.15) is 11.3 Å². The number of ketones is 3. The van der Waals surface area contributed by atoms with Gasteiger partial charge in [-0.15, -0.1) is 0 Å². The maximum absolute atomic E-state index is 13.4. The third-order valence-corrected chi connectivity index (χ3v) is 8.06. The number of allylic oxidation sites excluding steroid dienone is 4. The summed E-state index contributed by atoms with van der Waals surface area (Å²) in [7, 11) is 0. The lowest BCUT2D eigenvalue weighted by atomic mass is 9.81. The van der Waals surface area contributed by atoms with E-state index in [9.17, 15) is 49.8 Å². The fraction of sp³-hybridized carbons (Fsp3) is 0.278. The lowest BCUT2D eigenvalue weighted by Crippen LogP contribution is -2.48. The van der Waals surface area contributed by atoms with Gasteiger partial charge in [0.05, 0.1) is 0 Å². The number of ether oxygens (including phenoxy) is 1. The minimum atomic E-state index is -2.93. The number of hydrogen-bond acceptors (Lipinski definition) is 11. The van der Waals surface area contributed by atoms with E-state index in [1.807, 2.05) is 13.0 Å². The summed E-state index contributed by atoms with van der Waals surface area (Å²) in [6, 6.07) is 7.38. The maximum atomic E-state index is 13.4. The molecule has 0 amide bonds. The average Bonchev–Trinajstić information content (AvgIpc) is 3.38. The average molecular weight is 645 g/mol. The Balaban J connectivity index is 1.91. The summed E-state index contributed by atoms with van der Waals surface area (Å²) in [4.78, 5) is 52.6. The Labute approximate surface area is 270 Å². The van der Waals surface area contributed by atoms with Crippen molar-refractivity contribution in [3.8, 4) is 17.2 Å². The fourth-order valence-electron chi connectivity index (χ4n) is 5.72. The molecule has 1 aliphatic heterocycles. The second-order valence-corrected chi connectivity index (χ2v) is 11.7. The van der Waals surface area contributed by atoms with E-state index in [-0.39, 0.29) is 23.0 Å². The van der Waals surface area contributed by atoms with Crippen molar-refractivity contribution in [1.29, 1.82) is 0 Å². The van der Waals surface area contributed by atoms with Gasteiger partial charge in [0, 0.05) is 23.1 Å². The van der Waals surface area contributed by atoms with Gasteiger partial charge in [-0.25, -0.2) is 4.79 Å². The Bertz CT molecular complexity index is 1800. The number of aliphatic hydroxyl groups is 3. The fourth-order valence-corrected chi connectivity index (χ4v) is 5.72. The van der Waals surface area contributed by atoms with Gasteiger partial charge in [-0.1, -0.05) is 50.1 Å². The molecule has 0 bridgehead atoms. The molecule has 3 atom stereocenters. The van der Waals surface area contributed by atoms with Crippen molar-refractivity contribution >= 4 is 40.5 Å². The quantitative estimate of drug-likeness (QED) is 0.0866. The third-order valence-electron chi connectivity index (χ3n) is 8.06. The van der Waals surface area contributed by atoms with Crippen LogP contribution in [0.3, 0.4) is 0 Å². The van der Waals surface area contributed by atoms with Gasteiger partial charge < -0.3 is 35.4 Å². The van der Waals surface area contributed by atoms with Crippen LogP contribution in [-0.4, -0.2) is 65.7 Å². The number of phenolic OH excluding ortho intramolecular Hbond substituents is 3. The van der Waals surface area contributed by atoms with E-state index in [1.165, 1.54) is 36.4 Å². The van der Waals surface area contributed by atoms with Gasteiger partial charge in [-0.05, 0) is 73.7 Å². The summed E-state index contributed by atoms with van der Waals surface area (Å²) < 4.78 is 5.25. The molecule has 4 rings (SSSR count). The zero-order valence-corrected chi connectivity index (χ0v) is 26.3. The van der Waals surface area contributed by atoms with Gasteiger partial charge in [0.2, 0.25) is 0 Å². The summed E-state index contributed by atoms with van der Waals surface area (Å²) in [5.74, 6) is -6.37. The largest absolute Gasteiger partial charge is 0.508 e. The molecule has 0 fully saturated rings. The van der Waals surface area contributed by atoms with Gasteiger partial charge in [-0.2, -0.15) is 0 Å². The van der Waals surface area contributed by atoms with Crippen LogP contribution >= 0.6 is 0 Å². The molecule has 1 aliphatic carbocycles. The minimum absolute atomic E-state index is 0.0299. The van der Waals surface area contributed by atoms with Gasteiger partial charge in [-0.3, -0.25) is 14.4 Å². The van der Waals surface area contributed by atoms with Crippen LogP contribution in [0, 0.1) is 5.92 Å². The number of esters is 1. The summed E-state index contributed by atoms with van der Waals surface area (Å²) in [5, 5.41) is 64.1. The lowest BCUT2D eigenvalue weighted by molar-refractivity contribution is -0.145. The highest BCUT2D eigenvalue weighted by molar-refractivity contribution is 6.26. The first-order chi connectivity index (χ1) is 22.1. The molecule has 6 N–H and O–H groups in total. The SMILES string of the molecule is CCCC(C)/C=C(C)/C=C/C(=O)CC1=C(c2cc(O)c(O)cc2C2=C(O)/C(=C/c3ccc(O)cc3)OC2=O)C(O)(C(C)=O)C(O)C1=O. The van der Waals surface area contributed by atoms with E-state index in [4.69, 9.17) is 4.74 Å². The van der Waals surface area contributed by atoms with Crippen molar-refractivity contribution in [3.05, 3.63) is 94.0 Å². The predicted molar refractivity (Wildman–Crippen MR) is 172 cm³/mol. The van der Waals surface area contributed by atoms with Crippen molar-refractivity contribution in [1.82, 2.24) is 0 Å². The lowest BCUT2D eigenvalue weighted by Gasteiger charge is -2.28. The second-order valence-electron chi connectivity index (χ2n) is 11.7. The molecular formula is C36H36O11. The Morgan fingerprint density at radius 2 is 1.60 bits per heavy atom. The molecule has 0 saturated heterocycles. The molecular weight excluding hydrogens is 608 g/mol.